The molecule has 0 spiro atoms. The molecule has 0 N–H and O–H groups in total. The van der Waals surface area contributed by atoms with Crippen LogP contribution in [-0.4, -0.2) is 26.9 Å². The zero-order valence-corrected chi connectivity index (χ0v) is 11.2. The van der Waals surface area contributed by atoms with Crippen LogP contribution < -0.4 is 4.74 Å². The third kappa shape index (κ3) is 7.58. The van der Waals surface area contributed by atoms with Gasteiger partial charge in [0, 0.05) is 6.42 Å². The van der Waals surface area contributed by atoms with Crippen LogP contribution in [0, 0.1) is 0 Å². The van der Waals surface area contributed by atoms with Gasteiger partial charge in [0.1, 0.15) is 19.0 Å². The molecule has 0 aliphatic carbocycles. The van der Waals surface area contributed by atoms with Crippen molar-refractivity contribution >= 4 is 0 Å². The summed E-state index contributed by atoms with van der Waals surface area (Å²) in [6.45, 7) is 5.40. The van der Waals surface area contributed by atoms with Crippen LogP contribution in [0.25, 0.3) is 0 Å². The van der Waals surface area contributed by atoms with Crippen LogP contribution in [0.15, 0.2) is 36.9 Å². The van der Waals surface area contributed by atoms with E-state index in [9.17, 15) is 0 Å². The summed E-state index contributed by atoms with van der Waals surface area (Å²) < 4.78 is 5.54. The van der Waals surface area contributed by atoms with E-state index in [2.05, 4.69) is 11.5 Å². The molecule has 0 fully saturated rings. The second-order valence-electron chi connectivity index (χ2n) is 3.67. The lowest BCUT2D eigenvalue weighted by Crippen LogP contribution is -2.04. The van der Waals surface area contributed by atoms with E-state index in [4.69, 9.17) is 19.4 Å². The van der Waals surface area contributed by atoms with Gasteiger partial charge in [-0.3, -0.25) is 0 Å². The van der Waals surface area contributed by atoms with Crippen molar-refractivity contribution in [2.24, 2.45) is 0 Å². The van der Waals surface area contributed by atoms with Gasteiger partial charge < -0.3 is 4.74 Å². The fourth-order valence-corrected chi connectivity index (χ4v) is 1.27. The highest BCUT2D eigenvalue weighted by molar-refractivity contribution is 5.26. The van der Waals surface area contributed by atoms with Gasteiger partial charge in [0.2, 0.25) is 0 Å². The summed E-state index contributed by atoms with van der Waals surface area (Å²) in [5.74, 6) is 0.813. The van der Waals surface area contributed by atoms with E-state index in [0.717, 1.165) is 17.7 Å². The van der Waals surface area contributed by atoms with Crippen molar-refractivity contribution in [1.29, 1.82) is 0 Å². The Bertz CT molecular complexity index is 336. The molecule has 0 bridgehead atoms. The summed E-state index contributed by atoms with van der Waals surface area (Å²) >= 11 is 0. The molecule has 1 aromatic carbocycles. The minimum Gasteiger partial charge on any atom is -0.494 e. The van der Waals surface area contributed by atoms with Gasteiger partial charge in [-0.25, -0.2) is 19.6 Å². The predicted octanol–water partition coefficient (Wildman–Crippen LogP) is 2.67. The van der Waals surface area contributed by atoms with Gasteiger partial charge >= 0.3 is 0 Å². The molecule has 0 atom stereocenters. The summed E-state index contributed by atoms with van der Waals surface area (Å²) in [7, 11) is 1.48. The predicted molar refractivity (Wildman–Crippen MR) is 70.5 cm³/mol. The van der Waals surface area contributed by atoms with E-state index in [1.165, 1.54) is 7.11 Å². The first kappa shape index (κ1) is 15.7. The normalized spacial score (nSPS) is 10.4. The van der Waals surface area contributed by atoms with Crippen LogP contribution in [0.2, 0.25) is 0 Å². The lowest BCUT2D eigenvalue weighted by molar-refractivity contribution is -0.287. The summed E-state index contributed by atoms with van der Waals surface area (Å²) in [4.78, 5) is 19.0. The highest BCUT2D eigenvalue weighted by Gasteiger charge is 1.97. The molecular weight excluding hydrogens is 248 g/mol. The highest BCUT2D eigenvalue weighted by Crippen LogP contribution is 2.13. The maximum atomic E-state index is 5.54. The highest BCUT2D eigenvalue weighted by atomic mass is 17.2. The Labute approximate surface area is 113 Å². The molecule has 0 aliphatic rings. The van der Waals surface area contributed by atoms with E-state index in [1.807, 2.05) is 24.3 Å². The lowest BCUT2D eigenvalue weighted by atomic mass is 10.2. The first-order valence-electron chi connectivity index (χ1n) is 6.09. The molecule has 0 radical (unpaired) electrons. The second kappa shape index (κ2) is 10.5. The molecule has 106 valence electrons. The number of hydrogen-bond donors (Lipinski definition) is 0. The molecule has 0 aliphatic heterocycles. The Hall–Kier alpha value is -1.40. The van der Waals surface area contributed by atoms with Crippen molar-refractivity contribution in [1.82, 2.24) is 0 Å². The molecule has 0 saturated carbocycles. The van der Waals surface area contributed by atoms with Gasteiger partial charge in [-0.15, -0.1) is 6.58 Å². The van der Waals surface area contributed by atoms with Crippen LogP contribution >= 0.6 is 0 Å². The van der Waals surface area contributed by atoms with E-state index in [1.54, 1.807) is 6.08 Å². The molecule has 0 amide bonds. The Morgan fingerprint density at radius 3 is 2.53 bits per heavy atom. The standard InChI is InChI=1S/C14H20O5/c1-3-9-17-18-11-4-10-16-14-7-5-13(6-8-14)12-19-15-2/h3,5-8H,1,4,9-12H2,2H3. The number of rotatable bonds is 11. The molecule has 0 heterocycles. The van der Waals surface area contributed by atoms with Gasteiger partial charge in [0.05, 0.1) is 20.3 Å². The second-order valence-corrected chi connectivity index (χ2v) is 3.67. The van der Waals surface area contributed by atoms with Crippen LogP contribution in [0.1, 0.15) is 12.0 Å². The quantitative estimate of drug-likeness (QED) is 0.267. The maximum absolute atomic E-state index is 5.54. The molecule has 19 heavy (non-hydrogen) atoms. The average Bonchev–Trinajstić information content (AvgIpc) is 2.45. The molecule has 0 aromatic heterocycles. The molecule has 0 unspecified atom stereocenters. The summed E-state index contributed by atoms with van der Waals surface area (Å²) in [6, 6.07) is 7.64. The Kier molecular flexibility index (Phi) is 8.67. The fourth-order valence-electron chi connectivity index (χ4n) is 1.27. The van der Waals surface area contributed by atoms with Crippen LogP contribution in [0.3, 0.4) is 0 Å². The van der Waals surface area contributed by atoms with Crippen molar-refractivity contribution in [3.05, 3.63) is 42.5 Å². The first-order valence-corrected chi connectivity index (χ1v) is 6.09. The van der Waals surface area contributed by atoms with Crippen molar-refractivity contribution in [3.63, 3.8) is 0 Å². The molecule has 0 saturated heterocycles. The van der Waals surface area contributed by atoms with E-state index >= 15 is 0 Å². The molecular formula is C14H20O5. The third-order valence-electron chi connectivity index (χ3n) is 2.18. The monoisotopic (exact) mass is 268 g/mol. The van der Waals surface area contributed by atoms with Crippen molar-refractivity contribution in [3.8, 4) is 5.75 Å². The summed E-state index contributed by atoms with van der Waals surface area (Å²) in [5.41, 5.74) is 1.02. The van der Waals surface area contributed by atoms with Crippen LogP contribution in [0.5, 0.6) is 5.75 Å². The van der Waals surface area contributed by atoms with Crippen molar-refractivity contribution in [2.75, 3.05) is 26.9 Å². The van der Waals surface area contributed by atoms with Crippen molar-refractivity contribution in [2.45, 2.75) is 13.0 Å². The van der Waals surface area contributed by atoms with Crippen LogP contribution in [0.4, 0.5) is 0 Å². The molecule has 1 rings (SSSR count). The maximum Gasteiger partial charge on any atom is 0.119 e. The fraction of sp³-hybridized carbons (Fsp3) is 0.429. The molecule has 1 aromatic rings. The molecule has 5 nitrogen and oxygen atoms in total. The van der Waals surface area contributed by atoms with Gasteiger partial charge in [0.25, 0.3) is 0 Å². The Morgan fingerprint density at radius 2 is 1.84 bits per heavy atom. The van der Waals surface area contributed by atoms with Gasteiger partial charge in [0.15, 0.2) is 0 Å². The van der Waals surface area contributed by atoms with Crippen LogP contribution in [-0.2, 0) is 26.2 Å². The van der Waals surface area contributed by atoms with Crippen molar-refractivity contribution < 1.29 is 24.3 Å². The summed E-state index contributed by atoms with van der Waals surface area (Å²) in [6.07, 6.45) is 2.39. The minimum absolute atomic E-state index is 0.395. The Morgan fingerprint density at radius 1 is 1.05 bits per heavy atom. The van der Waals surface area contributed by atoms with Gasteiger partial charge in [-0.05, 0) is 17.7 Å². The van der Waals surface area contributed by atoms with Gasteiger partial charge in [-0.1, -0.05) is 18.2 Å². The smallest absolute Gasteiger partial charge is 0.119 e. The largest absolute Gasteiger partial charge is 0.494 e. The van der Waals surface area contributed by atoms with Gasteiger partial charge in [-0.2, -0.15) is 0 Å². The van der Waals surface area contributed by atoms with E-state index in [-0.39, 0.29) is 0 Å². The lowest BCUT2D eigenvalue weighted by Gasteiger charge is -2.07. The molecule has 5 heteroatoms. The minimum atomic E-state index is 0.395. The summed E-state index contributed by atoms with van der Waals surface area (Å²) in [5, 5.41) is 0. The van der Waals surface area contributed by atoms with E-state index in [0.29, 0.717) is 26.4 Å². The number of ether oxygens (including phenoxy) is 1. The topological polar surface area (TPSA) is 46.2 Å². The van der Waals surface area contributed by atoms with E-state index < -0.39 is 0 Å². The third-order valence-corrected chi connectivity index (χ3v) is 2.18. The average molecular weight is 268 g/mol. The zero-order valence-electron chi connectivity index (χ0n) is 11.2. The number of benzene rings is 1. The Balaban J connectivity index is 2.10. The zero-order chi connectivity index (χ0) is 13.8. The number of hydrogen-bond acceptors (Lipinski definition) is 5. The first-order chi connectivity index (χ1) is 9.36. The SMILES string of the molecule is C=CCOOCCCOc1ccc(COOC)cc1.